The summed E-state index contributed by atoms with van der Waals surface area (Å²) in [6.45, 7) is 4.23. The molecule has 0 saturated carbocycles. The van der Waals surface area contributed by atoms with Gasteiger partial charge < -0.3 is 14.8 Å². The predicted octanol–water partition coefficient (Wildman–Crippen LogP) is 3.47. The fourth-order valence-electron chi connectivity index (χ4n) is 2.00. The monoisotopic (exact) mass is 300 g/mol. The smallest absolute Gasteiger partial charge is 0.255 e. The number of pyridine rings is 1. The Labute approximate surface area is 130 Å². The molecule has 1 aromatic heterocycles. The summed E-state index contributed by atoms with van der Waals surface area (Å²) in [6.07, 6.45) is 0. The van der Waals surface area contributed by atoms with Crippen LogP contribution >= 0.6 is 0 Å². The molecule has 0 aliphatic rings. The average Bonchev–Trinajstić information content (AvgIpc) is 2.55. The molecule has 0 saturated heterocycles. The topological polar surface area (TPSA) is 60.5 Å². The van der Waals surface area contributed by atoms with Crippen LogP contribution in [-0.4, -0.2) is 25.1 Å². The SMILES string of the molecule is COc1ccc(NC(=O)c2ccc(C(C)C)cc2)c(OC)n1. The van der Waals surface area contributed by atoms with Crippen LogP contribution in [0.5, 0.6) is 11.8 Å². The zero-order chi connectivity index (χ0) is 16.1. The Kier molecular flexibility index (Phi) is 4.99. The van der Waals surface area contributed by atoms with Gasteiger partial charge in [-0.1, -0.05) is 26.0 Å². The number of nitrogens with one attached hydrogen (secondary N) is 1. The summed E-state index contributed by atoms with van der Waals surface area (Å²) in [5.74, 6) is 0.964. The van der Waals surface area contributed by atoms with Crippen molar-refractivity contribution in [3.63, 3.8) is 0 Å². The fourth-order valence-corrected chi connectivity index (χ4v) is 2.00. The van der Waals surface area contributed by atoms with Crippen molar-refractivity contribution >= 4 is 11.6 Å². The van der Waals surface area contributed by atoms with E-state index in [1.54, 1.807) is 12.1 Å². The molecule has 0 fully saturated rings. The van der Waals surface area contributed by atoms with E-state index in [2.05, 4.69) is 24.1 Å². The normalized spacial score (nSPS) is 10.4. The quantitative estimate of drug-likeness (QED) is 0.918. The first-order chi connectivity index (χ1) is 10.5. The second-order valence-corrected chi connectivity index (χ2v) is 5.14. The van der Waals surface area contributed by atoms with E-state index >= 15 is 0 Å². The lowest BCUT2D eigenvalue weighted by Gasteiger charge is -2.11. The minimum Gasteiger partial charge on any atom is -0.481 e. The number of hydrogen-bond donors (Lipinski definition) is 1. The molecule has 5 heteroatoms. The molecule has 0 spiro atoms. The van der Waals surface area contributed by atoms with Crippen molar-refractivity contribution in [1.29, 1.82) is 0 Å². The summed E-state index contributed by atoms with van der Waals surface area (Å²) in [7, 11) is 3.02. The molecule has 1 heterocycles. The van der Waals surface area contributed by atoms with Crippen LogP contribution in [0.1, 0.15) is 35.7 Å². The van der Waals surface area contributed by atoms with Crippen LogP contribution in [-0.2, 0) is 0 Å². The Hall–Kier alpha value is -2.56. The van der Waals surface area contributed by atoms with Crippen LogP contribution in [0, 0.1) is 0 Å². The van der Waals surface area contributed by atoms with Gasteiger partial charge in [-0.3, -0.25) is 4.79 Å². The minimum atomic E-state index is -0.208. The molecule has 1 N–H and O–H groups in total. The number of carbonyl (C=O) groups excluding carboxylic acids is 1. The molecule has 2 rings (SSSR count). The minimum absolute atomic E-state index is 0.208. The highest BCUT2D eigenvalue weighted by Crippen LogP contribution is 2.25. The van der Waals surface area contributed by atoms with Gasteiger partial charge in [0.2, 0.25) is 11.8 Å². The highest BCUT2D eigenvalue weighted by Gasteiger charge is 2.12. The third-order valence-corrected chi connectivity index (χ3v) is 3.32. The van der Waals surface area contributed by atoms with Crippen molar-refractivity contribution in [1.82, 2.24) is 4.98 Å². The molecule has 0 atom stereocenters. The lowest BCUT2D eigenvalue weighted by atomic mass is 10.0. The Balaban J connectivity index is 2.18. The van der Waals surface area contributed by atoms with E-state index in [0.717, 1.165) is 0 Å². The van der Waals surface area contributed by atoms with Crippen molar-refractivity contribution in [2.24, 2.45) is 0 Å². The van der Waals surface area contributed by atoms with Crippen molar-refractivity contribution in [2.45, 2.75) is 19.8 Å². The van der Waals surface area contributed by atoms with Gasteiger partial charge in [-0.25, -0.2) is 0 Å². The van der Waals surface area contributed by atoms with Gasteiger partial charge in [0.05, 0.1) is 14.2 Å². The number of methoxy groups -OCH3 is 2. The van der Waals surface area contributed by atoms with Gasteiger partial charge in [-0.05, 0) is 29.7 Å². The summed E-state index contributed by atoms with van der Waals surface area (Å²) in [5.41, 5.74) is 2.28. The van der Waals surface area contributed by atoms with Crippen molar-refractivity contribution < 1.29 is 14.3 Å². The second kappa shape index (κ2) is 6.93. The molecule has 1 aromatic carbocycles. The molecule has 0 unspecified atom stereocenters. The van der Waals surface area contributed by atoms with E-state index in [0.29, 0.717) is 28.9 Å². The van der Waals surface area contributed by atoms with Crippen molar-refractivity contribution in [3.8, 4) is 11.8 Å². The Morgan fingerprint density at radius 3 is 2.27 bits per heavy atom. The number of nitrogens with zero attached hydrogens (tertiary/aromatic N) is 1. The van der Waals surface area contributed by atoms with E-state index in [9.17, 15) is 4.79 Å². The maximum Gasteiger partial charge on any atom is 0.255 e. The number of ether oxygens (including phenoxy) is 2. The molecule has 5 nitrogen and oxygen atoms in total. The first-order valence-corrected chi connectivity index (χ1v) is 7.05. The molecule has 0 radical (unpaired) electrons. The first kappa shape index (κ1) is 15.8. The van der Waals surface area contributed by atoms with Gasteiger partial charge >= 0.3 is 0 Å². The maximum atomic E-state index is 12.3. The maximum absolute atomic E-state index is 12.3. The van der Waals surface area contributed by atoms with E-state index < -0.39 is 0 Å². The molecular formula is C17H20N2O3. The summed E-state index contributed by atoms with van der Waals surface area (Å²) in [4.78, 5) is 16.4. The molecule has 116 valence electrons. The van der Waals surface area contributed by atoms with Crippen LogP contribution in [0.2, 0.25) is 0 Å². The first-order valence-electron chi connectivity index (χ1n) is 7.05. The molecule has 0 aliphatic heterocycles. The van der Waals surface area contributed by atoms with Crippen molar-refractivity contribution in [2.75, 3.05) is 19.5 Å². The molecule has 0 bridgehead atoms. The van der Waals surface area contributed by atoms with E-state index in [-0.39, 0.29) is 5.91 Å². The number of anilines is 1. The summed E-state index contributed by atoms with van der Waals surface area (Å²) < 4.78 is 10.2. The van der Waals surface area contributed by atoms with Gasteiger partial charge in [0.15, 0.2) is 0 Å². The van der Waals surface area contributed by atoms with Gasteiger partial charge in [-0.15, -0.1) is 0 Å². The zero-order valence-corrected chi connectivity index (χ0v) is 13.2. The van der Waals surface area contributed by atoms with E-state index in [1.807, 2.05) is 24.3 Å². The molecule has 0 aliphatic carbocycles. The largest absolute Gasteiger partial charge is 0.481 e. The van der Waals surface area contributed by atoms with E-state index in [1.165, 1.54) is 19.8 Å². The third kappa shape index (κ3) is 3.55. The number of amides is 1. The average molecular weight is 300 g/mol. The molecule has 2 aromatic rings. The third-order valence-electron chi connectivity index (χ3n) is 3.32. The number of benzene rings is 1. The van der Waals surface area contributed by atoms with Gasteiger partial charge in [0.25, 0.3) is 5.91 Å². The van der Waals surface area contributed by atoms with Gasteiger partial charge in [0, 0.05) is 11.6 Å². The van der Waals surface area contributed by atoms with Crippen molar-refractivity contribution in [3.05, 3.63) is 47.5 Å². The number of hydrogen-bond acceptors (Lipinski definition) is 4. The Morgan fingerprint density at radius 2 is 1.73 bits per heavy atom. The lowest BCUT2D eigenvalue weighted by Crippen LogP contribution is -2.13. The van der Waals surface area contributed by atoms with E-state index in [4.69, 9.17) is 9.47 Å². The van der Waals surface area contributed by atoms with Gasteiger partial charge in [0.1, 0.15) is 5.69 Å². The lowest BCUT2D eigenvalue weighted by molar-refractivity contribution is 0.102. The molecular weight excluding hydrogens is 280 g/mol. The van der Waals surface area contributed by atoms with Crippen LogP contribution in [0.15, 0.2) is 36.4 Å². The summed E-state index contributed by atoms with van der Waals surface area (Å²) >= 11 is 0. The Bertz CT molecular complexity index is 651. The second-order valence-electron chi connectivity index (χ2n) is 5.14. The summed E-state index contributed by atoms with van der Waals surface area (Å²) in [5, 5.41) is 2.80. The fraction of sp³-hybridized carbons (Fsp3) is 0.294. The number of rotatable bonds is 5. The molecule has 22 heavy (non-hydrogen) atoms. The summed E-state index contributed by atoms with van der Waals surface area (Å²) in [6, 6.07) is 10.9. The van der Waals surface area contributed by atoms with Gasteiger partial charge in [-0.2, -0.15) is 4.98 Å². The standard InChI is InChI=1S/C17H20N2O3/c1-11(2)12-5-7-13(8-6-12)16(20)18-14-9-10-15(21-3)19-17(14)22-4/h5-11H,1-4H3,(H,18,20). The number of carbonyl (C=O) groups is 1. The highest BCUT2D eigenvalue weighted by atomic mass is 16.5. The Morgan fingerprint density at radius 1 is 1.05 bits per heavy atom. The zero-order valence-electron chi connectivity index (χ0n) is 13.2. The number of aromatic nitrogens is 1. The van der Waals surface area contributed by atoms with Crippen LogP contribution in [0.4, 0.5) is 5.69 Å². The highest BCUT2D eigenvalue weighted by molar-refractivity contribution is 6.04. The van der Waals surface area contributed by atoms with Crippen LogP contribution in [0.3, 0.4) is 0 Å². The van der Waals surface area contributed by atoms with Crippen LogP contribution in [0.25, 0.3) is 0 Å². The molecule has 1 amide bonds. The van der Waals surface area contributed by atoms with Crippen LogP contribution < -0.4 is 14.8 Å². The predicted molar refractivity (Wildman–Crippen MR) is 85.8 cm³/mol.